The van der Waals surface area contributed by atoms with E-state index in [1.54, 1.807) is 0 Å². The molecule has 0 fully saturated rings. The zero-order chi connectivity index (χ0) is 44.2. The third kappa shape index (κ3) is 11.1. The Hall–Kier alpha value is -3.38. The third-order valence-corrected chi connectivity index (χ3v) is 13.6. The van der Waals surface area contributed by atoms with E-state index >= 15 is 0 Å². The molecule has 3 aliphatic rings. The predicted molar refractivity (Wildman–Crippen MR) is 235 cm³/mol. The third-order valence-electron chi connectivity index (χ3n) is 12.2. The Morgan fingerprint density at radius 1 is 0.694 bits per heavy atom. The molecule has 62 heavy (non-hydrogen) atoms. The summed E-state index contributed by atoms with van der Waals surface area (Å²) in [5.41, 5.74) is 9.81. The van der Waals surface area contributed by atoms with Crippen molar-refractivity contribution in [2.75, 3.05) is 0 Å². The van der Waals surface area contributed by atoms with Crippen LogP contribution in [0, 0.1) is 17.4 Å². The van der Waals surface area contributed by atoms with E-state index in [4.69, 9.17) is 0 Å². The standard InChI is InChI=1S/C27H29.C15H8F6.C11H17.2ClH.Zr/c1-16-7-9-26(3,4)24-12-18-11-19-13-25-21(17(2)8-10-27(25,5)6)15-23(19)22(18)14-20(16)24;16-14(17,18)12-5-1-3-10(8-12)7-11-4-2-6-13(9-11)15(19,20)21;1-5-9-6-7-10(8-9)11(2,3)4;;;/h7-8,11-15H,9-10H2,1-6H3;1-6,8-9H;7-9H,5H2,1-4H3;2*1H;/q-1;;-1;;;+2/p-2. The molecule has 1 atom stereocenters. The maximum absolute atomic E-state index is 12.7. The molecule has 0 spiro atoms. The Morgan fingerprint density at radius 3 is 1.45 bits per heavy atom. The van der Waals surface area contributed by atoms with Crippen molar-refractivity contribution in [1.82, 2.24) is 0 Å². The average molecular weight is 967 g/mol. The van der Waals surface area contributed by atoms with Gasteiger partial charge in [0, 0.05) is 0 Å². The molecule has 0 heterocycles. The minimum atomic E-state index is -4.49. The first-order valence-corrected chi connectivity index (χ1v) is 21.8. The van der Waals surface area contributed by atoms with Crippen LogP contribution in [0.5, 0.6) is 0 Å². The monoisotopic (exact) mass is 964 g/mol. The van der Waals surface area contributed by atoms with Gasteiger partial charge >= 0.3 is 137 Å². The van der Waals surface area contributed by atoms with Gasteiger partial charge in [-0.1, -0.05) is 109 Å². The van der Waals surface area contributed by atoms with E-state index in [-0.39, 0.29) is 46.8 Å². The second-order valence-corrected chi connectivity index (χ2v) is 20.0. The Bertz CT molecular complexity index is 2430. The van der Waals surface area contributed by atoms with Crippen LogP contribution >= 0.6 is 0 Å². The van der Waals surface area contributed by atoms with E-state index in [1.165, 1.54) is 91.2 Å². The summed E-state index contributed by atoms with van der Waals surface area (Å²) in [6.07, 6.45) is 7.11. The van der Waals surface area contributed by atoms with Gasteiger partial charge in [0.05, 0.1) is 0 Å². The fraction of sp³-hybridized carbons (Fsp3) is 0.358. The number of hydrogen-bond donors (Lipinski definition) is 0. The second kappa shape index (κ2) is 19.0. The van der Waals surface area contributed by atoms with Crippen LogP contribution in [0.4, 0.5) is 26.3 Å². The SMILES string of the molecule is CC1=CCC(C)(C)c2cc3[cH-]c4cc5c(cc4c3cc21)C(C)=CCC5(C)C.CCC1[C-]=CC(C(C)(C)C)=C1.FC(F)(F)c1cccc([C](=[Zr+2])c2cccc(C(F)(F)F)c2)c1.[Cl-].[Cl-]. The smallest absolute Gasteiger partial charge is 1.00 e. The van der Waals surface area contributed by atoms with E-state index in [1.807, 2.05) is 0 Å². The summed E-state index contributed by atoms with van der Waals surface area (Å²) in [6.45, 7) is 23.0. The van der Waals surface area contributed by atoms with Gasteiger partial charge in [-0.05, 0) is 59.8 Å². The Morgan fingerprint density at radius 2 is 1.11 bits per heavy atom. The zero-order valence-electron chi connectivity index (χ0n) is 37.0. The maximum Gasteiger partial charge on any atom is -1.00 e. The van der Waals surface area contributed by atoms with Crippen molar-refractivity contribution in [2.24, 2.45) is 11.3 Å². The summed E-state index contributed by atoms with van der Waals surface area (Å²) in [7, 11) is 0. The second-order valence-electron chi connectivity index (χ2n) is 18.8. The van der Waals surface area contributed by atoms with Crippen LogP contribution in [-0.2, 0) is 47.4 Å². The summed E-state index contributed by atoms with van der Waals surface area (Å²) in [6, 6.07) is 21.4. The molecule has 0 radical (unpaired) electrons. The number of fused-ring (bicyclic) bond motifs is 5. The van der Waals surface area contributed by atoms with Gasteiger partial charge in [0.15, 0.2) is 0 Å². The fourth-order valence-electron chi connectivity index (χ4n) is 8.22. The number of rotatable bonds is 3. The average Bonchev–Trinajstić information content (AvgIpc) is 3.82. The van der Waals surface area contributed by atoms with E-state index in [0.29, 0.717) is 14.5 Å². The molecule has 9 heteroatoms. The van der Waals surface area contributed by atoms with E-state index < -0.39 is 23.5 Å². The van der Waals surface area contributed by atoms with E-state index in [0.717, 1.165) is 61.3 Å². The topological polar surface area (TPSA) is 0 Å². The van der Waals surface area contributed by atoms with Crippen LogP contribution in [0.1, 0.15) is 133 Å². The van der Waals surface area contributed by atoms with Crippen LogP contribution in [0.3, 0.4) is 0 Å². The molecule has 0 aromatic heterocycles. The van der Waals surface area contributed by atoms with Gasteiger partial charge < -0.3 is 24.8 Å². The van der Waals surface area contributed by atoms with Crippen molar-refractivity contribution in [3.05, 3.63) is 159 Å². The van der Waals surface area contributed by atoms with Crippen LogP contribution in [0.2, 0.25) is 0 Å². The number of alkyl halides is 6. The Balaban J connectivity index is 0.000000218. The van der Waals surface area contributed by atoms with Crippen molar-refractivity contribution in [2.45, 2.75) is 112 Å². The molecule has 3 aliphatic carbocycles. The molecule has 5 aromatic carbocycles. The van der Waals surface area contributed by atoms with Gasteiger partial charge in [0.25, 0.3) is 0 Å². The van der Waals surface area contributed by atoms with Gasteiger partial charge in [-0.15, -0.1) is 39.7 Å². The summed E-state index contributed by atoms with van der Waals surface area (Å²) in [4.78, 5) is 0. The van der Waals surface area contributed by atoms with Gasteiger partial charge in [0.2, 0.25) is 0 Å². The quantitative estimate of drug-likeness (QED) is 0.125. The molecule has 0 N–H and O–H groups in total. The van der Waals surface area contributed by atoms with Gasteiger partial charge in [-0.3, -0.25) is 6.08 Å². The minimum absolute atomic E-state index is 0. The van der Waals surface area contributed by atoms with Crippen molar-refractivity contribution >= 4 is 35.9 Å². The summed E-state index contributed by atoms with van der Waals surface area (Å²) in [5.74, 6) is 0.573. The number of halogens is 8. The van der Waals surface area contributed by atoms with Crippen LogP contribution in [0.15, 0.2) is 109 Å². The summed E-state index contributed by atoms with van der Waals surface area (Å²) < 4.78 is 76.7. The number of allylic oxidation sites excluding steroid dienone is 8. The molecule has 0 amide bonds. The Labute approximate surface area is 391 Å². The van der Waals surface area contributed by atoms with E-state index in [2.05, 4.69) is 130 Å². The first-order valence-electron chi connectivity index (χ1n) is 20.6. The first-order chi connectivity index (χ1) is 27.8. The normalized spacial score (nSPS) is 17.5. The molecule has 1 unspecified atom stereocenters. The van der Waals surface area contributed by atoms with Gasteiger partial charge in [0.1, 0.15) is 0 Å². The van der Waals surface area contributed by atoms with Crippen LogP contribution < -0.4 is 24.8 Å². The minimum Gasteiger partial charge on any atom is -1.00 e. The molecule has 0 bridgehead atoms. The summed E-state index contributed by atoms with van der Waals surface area (Å²) >= 11 is 0.729. The zero-order valence-corrected chi connectivity index (χ0v) is 41.0. The van der Waals surface area contributed by atoms with Crippen molar-refractivity contribution in [3.8, 4) is 0 Å². The molecular weight excluding hydrogens is 913 g/mol. The van der Waals surface area contributed by atoms with Crippen molar-refractivity contribution in [3.63, 3.8) is 0 Å². The van der Waals surface area contributed by atoms with Gasteiger partial charge in [-0.2, -0.15) is 11.6 Å². The molecule has 8 rings (SSSR count). The van der Waals surface area contributed by atoms with Crippen molar-refractivity contribution < 1.29 is 75.4 Å². The largest absolute Gasteiger partial charge is 1.00 e. The molecule has 0 saturated heterocycles. The summed E-state index contributed by atoms with van der Waals surface area (Å²) in [5, 5.41) is 5.61. The van der Waals surface area contributed by atoms with Crippen molar-refractivity contribution in [1.29, 1.82) is 0 Å². The molecule has 0 saturated carbocycles. The van der Waals surface area contributed by atoms with Crippen LogP contribution in [0.25, 0.3) is 32.7 Å². The maximum atomic E-state index is 12.7. The number of benzene rings is 4. The molecule has 5 aromatic rings. The fourth-order valence-corrected chi connectivity index (χ4v) is 8.98. The first kappa shape index (κ1) is 51.3. The number of hydrogen-bond acceptors (Lipinski definition) is 0. The van der Waals surface area contributed by atoms with Crippen LogP contribution in [-0.4, -0.2) is 3.21 Å². The molecule has 328 valence electrons. The Kier molecular flexibility index (Phi) is 15.7. The molecule has 0 nitrogen and oxygen atoms in total. The molecule has 0 aliphatic heterocycles. The van der Waals surface area contributed by atoms with Gasteiger partial charge in [-0.25, -0.2) is 6.08 Å². The molecular formula is C53H54Cl2F6Zr-2. The predicted octanol–water partition coefficient (Wildman–Crippen LogP) is 10.1. The van der Waals surface area contributed by atoms with E-state index in [9.17, 15) is 26.3 Å².